The summed E-state index contributed by atoms with van der Waals surface area (Å²) in [6.45, 7) is 4.29. The highest BCUT2D eigenvalue weighted by atomic mass is 14.9. The zero-order valence-electron chi connectivity index (χ0n) is 8.91. The topological polar surface area (TPSA) is 4.93 Å². The standard InChI is InChI=1S/C13H15N/c1-10-6-7-11(2)12(9-10)13-5-4-8-14(13)3/h4-9H,1-3H3. The van der Waals surface area contributed by atoms with E-state index in [1.54, 1.807) is 0 Å². The van der Waals surface area contributed by atoms with Crippen LogP contribution in [0.15, 0.2) is 36.5 Å². The Kier molecular flexibility index (Phi) is 2.16. The first-order valence-corrected chi connectivity index (χ1v) is 4.87. The molecule has 0 amide bonds. The minimum Gasteiger partial charge on any atom is -0.351 e. The Bertz CT molecular complexity index is 452. The molecule has 0 unspecified atom stereocenters. The second kappa shape index (κ2) is 3.33. The highest BCUT2D eigenvalue weighted by molar-refractivity contribution is 5.65. The van der Waals surface area contributed by atoms with Crippen LogP contribution in [0.3, 0.4) is 0 Å². The van der Waals surface area contributed by atoms with Crippen LogP contribution in [0.2, 0.25) is 0 Å². The van der Waals surface area contributed by atoms with Crippen molar-refractivity contribution >= 4 is 0 Å². The Hall–Kier alpha value is -1.50. The number of benzene rings is 1. The Morgan fingerprint density at radius 3 is 2.50 bits per heavy atom. The van der Waals surface area contributed by atoms with Crippen LogP contribution >= 0.6 is 0 Å². The summed E-state index contributed by atoms with van der Waals surface area (Å²) in [5, 5.41) is 0. The summed E-state index contributed by atoms with van der Waals surface area (Å²) in [6, 6.07) is 10.8. The first-order chi connectivity index (χ1) is 6.68. The lowest BCUT2D eigenvalue weighted by atomic mass is 10.0. The van der Waals surface area contributed by atoms with E-state index in [0.717, 1.165) is 0 Å². The predicted molar refractivity (Wildman–Crippen MR) is 60.3 cm³/mol. The molecular weight excluding hydrogens is 170 g/mol. The van der Waals surface area contributed by atoms with Gasteiger partial charge in [-0.15, -0.1) is 0 Å². The molecular formula is C13H15N. The van der Waals surface area contributed by atoms with Gasteiger partial charge in [0.1, 0.15) is 0 Å². The van der Waals surface area contributed by atoms with Crippen molar-refractivity contribution in [1.29, 1.82) is 0 Å². The molecule has 0 saturated carbocycles. The van der Waals surface area contributed by atoms with Gasteiger partial charge in [0, 0.05) is 24.5 Å². The Morgan fingerprint density at radius 1 is 1.07 bits per heavy atom. The average Bonchev–Trinajstić information content (AvgIpc) is 2.56. The largest absolute Gasteiger partial charge is 0.351 e. The molecule has 1 aromatic heterocycles. The van der Waals surface area contributed by atoms with Gasteiger partial charge < -0.3 is 4.57 Å². The van der Waals surface area contributed by atoms with Crippen LogP contribution in [0.5, 0.6) is 0 Å². The quantitative estimate of drug-likeness (QED) is 0.642. The maximum atomic E-state index is 2.24. The molecule has 0 radical (unpaired) electrons. The number of aryl methyl sites for hydroxylation is 3. The lowest BCUT2D eigenvalue weighted by Crippen LogP contribution is -1.92. The maximum Gasteiger partial charge on any atom is 0.0480 e. The minimum atomic E-state index is 1.28. The number of rotatable bonds is 1. The van der Waals surface area contributed by atoms with Gasteiger partial charge in [-0.25, -0.2) is 0 Å². The van der Waals surface area contributed by atoms with Gasteiger partial charge in [0.15, 0.2) is 0 Å². The van der Waals surface area contributed by atoms with Crippen LogP contribution in [0.1, 0.15) is 11.1 Å². The molecule has 0 aliphatic carbocycles. The van der Waals surface area contributed by atoms with Crippen LogP contribution in [-0.2, 0) is 7.05 Å². The van der Waals surface area contributed by atoms with Crippen LogP contribution in [0.25, 0.3) is 11.3 Å². The van der Waals surface area contributed by atoms with Crippen molar-refractivity contribution in [1.82, 2.24) is 4.57 Å². The molecule has 2 aromatic rings. The van der Waals surface area contributed by atoms with Crippen molar-refractivity contribution in [3.63, 3.8) is 0 Å². The third-order valence-electron chi connectivity index (χ3n) is 2.61. The van der Waals surface area contributed by atoms with Crippen LogP contribution in [0, 0.1) is 13.8 Å². The third-order valence-corrected chi connectivity index (χ3v) is 2.61. The first-order valence-electron chi connectivity index (χ1n) is 4.87. The van der Waals surface area contributed by atoms with E-state index in [1.165, 1.54) is 22.4 Å². The van der Waals surface area contributed by atoms with Gasteiger partial charge in [0.25, 0.3) is 0 Å². The summed E-state index contributed by atoms with van der Waals surface area (Å²) in [7, 11) is 2.08. The van der Waals surface area contributed by atoms with E-state index in [2.05, 4.69) is 62.0 Å². The van der Waals surface area contributed by atoms with Crippen LogP contribution in [0.4, 0.5) is 0 Å². The number of hydrogen-bond donors (Lipinski definition) is 0. The molecule has 1 aromatic carbocycles. The zero-order valence-corrected chi connectivity index (χ0v) is 8.91. The van der Waals surface area contributed by atoms with Crippen molar-refractivity contribution in [2.45, 2.75) is 13.8 Å². The van der Waals surface area contributed by atoms with E-state index in [9.17, 15) is 0 Å². The molecule has 0 atom stereocenters. The van der Waals surface area contributed by atoms with Gasteiger partial charge >= 0.3 is 0 Å². The van der Waals surface area contributed by atoms with Crippen molar-refractivity contribution < 1.29 is 0 Å². The molecule has 72 valence electrons. The van der Waals surface area contributed by atoms with Gasteiger partial charge in [-0.2, -0.15) is 0 Å². The monoisotopic (exact) mass is 185 g/mol. The van der Waals surface area contributed by atoms with Crippen molar-refractivity contribution in [2.75, 3.05) is 0 Å². The summed E-state index contributed by atoms with van der Waals surface area (Å²) < 4.78 is 2.15. The Labute approximate surface area is 85.0 Å². The summed E-state index contributed by atoms with van der Waals surface area (Å²) in [5.41, 5.74) is 5.26. The molecule has 1 heteroatoms. The third kappa shape index (κ3) is 1.46. The van der Waals surface area contributed by atoms with E-state index in [4.69, 9.17) is 0 Å². The normalized spacial score (nSPS) is 10.5. The number of aromatic nitrogens is 1. The fourth-order valence-corrected chi connectivity index (χ4v) is 1.75. The second-order valence-corrected chi connectivity index (χ2v) is 3.82. The van der Waals surface area contributed by atoms with Gasteiger partial charge in [-0.1, -0.05) is 17.7 Å². The molecule has 0 N–H and O–H groups in total. The molecule has 0 bridgehead atoms. The van der Waals surface area contributed by atoms with Crippen molar-refractivity contribution in [2.24, 2.45) is 7.05 Å². The molecule has 14 heavy (non-hydrogen) atoms. The Morgan fingerprint density at radius 2 is 1.86 bits per heavy atom. The number of hydrogen-bond acceptors (Lipinski definition) is 0. The zero-order chi connectivity index (χ0) is 10.1. The molecule has 2 rings (SSSR count). The van der Waals surface area contributed by atoms with Gasteiger partial charge in [-0.05, 0) is 37.6 Å². The Balaban J connectivity index is 2.62. The summed E-state index contributed by atoms with van der Waals surface area (Å²) in [4.78, 5) is 0. The highest BCUT2D eigenvalue weighted by Gasteiger charge is 2.04. The first kappa shape index (κ1) is 9.07. The SMILES string of the molecule is Cc1ccc(C)c(-c2cccn2C)c1. The predicted octanol–water partition coefficient (Wildman–Crippen LogP) is 3.31. The smallest absolute Gasteiger partial charge is 0.0480 e. The lowest BCUT2D eigenvalue weighted by molar-refractivity contribution is 0.935. The fourth-order valence-electron chi connectivity index (χ4n) is 1.75. The minimum absolute atomic E-state index is 1.28. The molecule has 0 fully saturated rings. The van der Waals surface area contributed by atoms with Crippen LogP contribution in [-0.4, -0.2) is 4.57 Å². The molecule has 1 heterocycles. The average molecular weight is 185 g/mol. The molecule has 1 nitrogen and oxygen atoms in total. The van der Waals surface area contributed by atoms with E-state index >= 15 is 0 Å². The lowest BCUT2D eigenvalue weighted by Gasteiger charge is -2.08. The molecule has 0 aliphatic rings. The summed E-state index contributed by atoms with van der Waals surface area (Å²) in [5.74, 6) is 0. The number of nitrogens with zero attached hydrogens (tertiary/aromatic N) is 1. The van der Waals surface area contributed by atoms with Crippen molar-refractivity contribution in [3.8, 4) is 11.3 Å². The molecule has 0 spiro atoms. The summed E-state index contributed by atoms with van der Waals surface area (Å²) in [6.07, 6.45) is 2.08. The molecule has 0 aliphatic heterocycles. The molecule has 0 saturated heterocycles. The van der Waals surface area contributed by atoms with E-state index in [0.29, 0.717) is 0 Å². The summed E-state index contributed by atoms with van der Waals surface area (Å²) >= 11 is 0. The van der Waals surface area contributed by atoms with Crippen LogP contribution < -0.4 is 0 Å². The van der Waals surface area contributed by atoms with Crippen molar-refractivity contribution in [3.05, 3.63) is 47.7 Å². The van der Waals surface area contributed by atoms with E-state index in [1.807, 2.05) is 0 Å². The van der Waals surface area contributed by atoms with Gasteiger partial charge in [0.05, 0.1) is 0 Å². The van der Waals surface area contributed by atoms with Gasteiger partial charge in [-0.3, -0.25) is 0 Å². The van der Waals surface area contributed by atoms with E-state index in [-0.39, 0.29) is 0 Å². The highest BCUT2D eigenvalue weighted by Crippen LogP contribution is 2.24. The fraction of sp³-hybridized carbons (Fsp3) is 0.231. The van der Waals surface area contributed by atoms with Gasteiger partial charge in [0.2, 0.25) is 0 Å². The second-order valence-electron chi connectivity index (χ2n) is 3.82. The maximum absolute atomic E-state index is 2.24. The van der Waals surface area contributed by atoms with E-state index < -0.39 is 0 Å².